The molecule has 1 aromatic carbocycles. The third-order valence-electron chi connectivity index (χ3n) is 2.33. The third-order valence-corrected chi connectivity index (χ3v) is 3.20. The van der Waals surface area contributed by atoms with Crippen molar-refractivity contribution in [1.29, 1.82) is 0 Å². The van der Waals surface area contributed by atoms with Gasteiger partial charge in [0.25, 0.3) is 16.0 Å². The van der Waals surface area contributed by atoms with Crippen LogP contribution >= 0.6 is 0 Å². The summed E-state index contributed by atoms with van der Waals surface area (Å²) in [6.45, 7) is 1.84. The average molecular weight is 299 g/mol. The molecule has 0 aliphatic heterocycles. The van der Waals surface area contributed by atoms with E-state index in [1.807, 2.05) is 6.92 Å². The van der Waals surface area contributed by atoms with Gasteiger partial charge in [0.15, 0.2) is 0 Å². The van der Waals surface area contributed by atoms with E-state index in [4.69, 9.17) is 15.0 Å². The second-order valence-corrected chi connectivity index (χ2v) is 5.48. The first-order valence-corrected chi connectivity index (χ1v) is 7.05. The first-order valence-electron chi connectivity index (χ1n) is 5.61. The molecule has 2 aromatic rings. The van der Waals surface area contributed by atoms with Crippen molar-refractivity contribution in [3.05, 3.63) is 36.0 Å². The van der Waals surface area contributed by atoms with Gasteiger partial charge >= 0.3 is 0 Å². The van der Waals surface area contributed by atoms with E-state index in [9.17, 15) is 8.42 Å². The van der Waals surface area contributed by atoms with Gasteiger partial charge in [0.05, 0.1) is 18.2 Å². The van der Waals surface area contributed by atoms with Gasteiger partial charge < -0.3 is 10.5 Å². The van der Waals surface area contributed by atoms with Gasteiger partial charge in [0, 0.05) is 7.05 Å². The molecular weight excluding hydrogens is 282 g/mol. The highest BCUT2D eigenvalue weighted by Gasteiger charge is 2.06. The number of nitrogens with zero attached hydrogens (tertiary/aromatic N) is 2. The molecule has 1 aromatic heterocycles. The number of rotatable bonds is 2. The van der Waals surface area contributed by atoms with Gasteiger partial charge in [-0.25, -0.2) is 0 Å². The fraction of sp³-hybridized carbons (Fsp3) is 0.250. The van der Waals surface area contributed by atoms with Crippen molar-refractivity contribution < 1.29 is 17.7 Å². The fourth-order valence-electron chi connectivity index (χ4n) is 1.36. The molecule has 7 nitrogen and oxygen atoms in total. The predicted molar refractivity (Wildman–Crippen MR) is 75.2 cm³/mol. The van der Waals surface area contributed by atoms with E-state index in [2.05, 4.69) is 5.10 Å². The number of benzene rings is 1. The summed E-state index contributed by atoms with van der Waals surface area (Å²) in [7, 11) is -0.689. The summed E-state index contributed by atoms with van der Waals surface area (Å²) in [5.74, 6) is 0.484. The van der Waals surface area contributed by atoms with Crippen molar-refractivity contribution >= 4 is 15.8 Å². The highest BCUT2D eigenvalue weighted by atomic mass is 32.2. The number of anilines is 1. The highest BCUT2D eigenvalue weighted by molar-refractivity contribution is 7.85. The summed E-state index contributed by atoms with van der Waals surface area (Å²) in [5.41, 5.74) is 6.97. The minimum Gasteiger partial charge on any atom is -0.478 e. The van der Waals surface area contributed by atoms with E-state index in [0.29, 0.717) is 11.6 Å². The van der Waals surface area contributed by atoms with Crippen LogP contribution in [0.3, 0.4) is 0 Å². The van der Waals surface area contributed by atoms with Crippen molar-refractivity contribution in [3.63, 3.8) is 0 Å². The molecule has 2 rings (SSSR count). The van der Waals surface area contributed by atoms with Crippen molar-refractivity contribution in [2.45, 2.75) is 11.8 Å². The Balaban J connectivity index is 0.000000204. The van der Waals surface area contributed by atoms with E-state index in [-0.39, 0.29) is 4.90 Å². The van der Waals surface area contributed by atoms with Crippen LogP contribution in [0.5, 0.6) is 5.88 Å². The van der Waals surface area contributed by atoms with Crippen LogP contribution in [-0.2, 0) is 17.2 Å². The maximum atomic E-state index is 10.5. The number of methoxy groups -OCH3 is 1. The summed E-state index contributed by atoms with van der Waals surface area (Å²) in [4.78, 5) is -0.0666. The van der Waals surface area contributed by atoms with Crippen molar-refractivity contribution in [2.24, 2.45) is 7.05 Å². The van der Waals surface area contributed by atoms with Crippen LogP contribution in [0.4, 0.5) is 5.69 Å². The predicted octanol–water partition coefficient (Wildman–Crippen LogP) is 1.25. The molecule has 0 bridgehead atoms. The van der Waals surface area contributed by atoms with E-state index in [1.54, 1.807) is 37.2 Å². The van der Waals surface area contributed by atoms with E-state index >= 15 is 0 Å². The van der Waals surface area contributed by atoms with Crippen LogP contribution in [0, 0.1) is 6.92 Å². The molecule has 0 aliphatic rings. The largest absolute Gasteiger partial charge is 0.478 e. The van der Waals surface area contributed by atoms with Crippen LogP contribution in [0.2, 0.25) is 0 Å². The van der Waals surface area contributed by atoms with E-state index < -0.39 is 10.1 Å². The zero-order chi connectivity index (χ0) is 15.3. The monoisotopic (exact) mass is 299 g/mol. The molecule has 0 atom stereocenters. The van der Waals surface area contributed by atoms with Crippen LogP contribution in [-0.4, -0.2) is 29.9 Å². The summed E-state index contributed by atoms with van der Waals surface area (Å²) in [5, 5.41) is 3.90. The Bertz CT molecular complexity index is 663. The average Bonchev–Trinajstić information content (AvgIpc) is 2.68. The van der Waals surface area contributed by atoms with Crippen LogP contribution in [0.25, 0.3) is 0 Å². The molecule has 8 heteroatoms. The number of hydrogen-bond acceptors (Lipinski definition) is 5. The minimum atomic E-state index is -4.02. The third kappa shape index (κ3) is 4.56. The van der Waals surface area contributed by atoms with Crippen molar-refractivity contribution in [2.75, 3.05) is 12.8 Å². The lowest BCUT2D eigenvalue weighted by Gasteiger charge is -1.95. The zero-order valence-electron chi connectivity index (χ0n) is 11.4. The first-order chi connectivity index (χ1) is 9.24. The van der Waals surface area contributed by atoms with E-state index in [0.717, 1.165) is 5.56 Å². The van der Waals surface area contributed by atoms with E-state index in [1.165, 1.54) is 12.1 Å². The number of nitrogens with two attached hydrogens (primary N) is 1. The Morgan fingerprint density at radius 1 is 1.30 bits per heavy atom. The van der Waals surface area contributed by atoms with Crippen molar-refractivity contribution in [3.8, 4) is 5.88 Å². The number of ether oxygens (including phenoxy) is 1. The summed E-state index contributed by atoms with van der Waals surface area (Å²) in [6, 6.07) is 5.99. The van der Waals surface area contributed by atoms with Gasteiger partial charge in [-0.15, -0.1) is 5.10 Å². The molecule has 0 aliphatic carbocycles. The molecule has 0 unspecified atom stereocenters. The molecule has 0 saturated carbocycles. The number of aromatic nitrogens is 2. The molecule has 110 valence electrons. The summed E-state index contributed by atoms with van der Waals surface area (Å²) < 4.78 is 36.0. The number of nitrogen functional groups attached to an aromatic ring is 1. The van der Waals surface area contributed by atoms with Gasteiger partial charge in [-0.3, -0.25) is 9.23 Å². The molecule has 0 radical (unpaired) electrons. The quantitative estimate of drug-likeness (QED) is 0.808. The Kier molecular flexibility index (Phi) is 5.12. The Hall–Kier alpha value is -2.06. The van der Waals surface area contributed by atoms with Gasteiger partial charge in [-0.2, -0.15) is 8.42 Å². The molecule has 0 amide bonds. The molecule has 0 saturated heterocycles. The van der Waals surface area contributed by atoms with Crippen LogP contribution < -0.4 is 10.5 Å². The Morgan fingerprint density at radius 2 is 1.85 bits per heavy atom. The molecule has 0 spiro atoms. The SMILES string of the molecule is COc1nn(C)cc1N.Cc1ccc(S(=O)(=O)O)cc1. The Morgan fingerprint density at radius 3 is 2.15 bits per heavy atom. The van der Waals surface area contributed by atoms with Gasteiger partial charge in [-0.1, -0.05) is 17.7 Å². The smallest absolute Gasteiger partial charge is 0.294 e. The molecular formula is C12H17N3O4S. The van der Waals surface area contributed by atoms with Gasteiger partial charge in [0.2, 0.25) is 0 Å². The van der Waals surface area contributed by atoms with Crippen molar-refractivity contribution in [1.82, 2.24) is 9.78 Å². The van der Waals surface area contributed by atoms with Crippen LogP contribution in [0.1, 0.15) is 5.56 Å². The standard InChI is InChI=1S/C7H8O3S.C5H9N3O/c1-6-2-4-7(5-3-6)11(8,9)10;1-8-3-4(6)5(7-8)9-2/h2-5H,1H3,(H,8,9,10);3H,6H2,1-2H3. The zero-order valence-corrected chi connectivity index (χ0v) is 12.3. The second-order valence-electron chi connectivity index (χ2n) is 4.06. The Labute approximate surface area is 117 Å². The minimum absolute atomic E-state index is 0.0666. The number of aryl methyl sites for hydroxylation is 2. The maximum absolute atomic E-state index is 10.5. The normalized spacial score (nSPS) is 10.6. The fourth-order valence-corrected chi connectivity index (χ4v) is 1.84. The first kappa shape index (κ1) is 16.0. The molecule has 1 heterocycles. The molecule has 0 fully saturated rings. The van der Waals surface area contributed by atoms with Gasteiger partial charge in [-0.05, 0) is 19.1 Å². The number of hydrogen-bond donors (Lipinski definition) is 2. The lowest BCUT2D eigenvalue weighted by Crippen LogP contribution is -1.96. The van der Waals surface area contributed by atoms with Crippen LogP contribution in [0.15, 0.2) is 35.4 Å². The molecule has 20 heavy (non-hydrogen) atoms. The van der Waals surface area contributed by atoms with Gasteiger partial charge in [0.1, 0.15) is 5.69 Å². The maximum Gasteiger partial charge on any atom is 0.294 e. The summed E-state index contributed by atoms with van der Waals surface area (Å²) >= 11 is 0. The summed E-state index contributed by atoms with van der Waals surface area (Å²) in [6.07, 6.45) is 1.69. The highest BCUT2D eigenvalue weighted by Crippen LogP contribution is 2.15. The lowest BCUT2D eigenvalue weighted by atomic mass is 10.2. The second kappa shape index (κ2) is 6.40. The lowest BCUT2D eigenvalue weighted by molar-refractivity contribution is 0.393. The topological polar surface area (TPSA) is 107 Å². The molecule has 3 N–H and O–H groups in total.